The van der Waals surface area contributed by atoms with Gasteiger partial charge in [0.1, 0.15) is 5.75 Å². The van der Waals surface area contributed by atoms with Crippen molar-refractivity contribution in [3.63, 3.8) is 0 Å². The molecule has 0 saturated carbocycles. The molecule has 1 aliphatic carbocycles. The van der Waals surface area contributed by atoms with Crippen LogP contribution in [0.25, 0.3) is 0 Å². The second-order valence-corrected chi connectivity index (χ2v) is 7.14. The molecule has 7 nitrogen and oxygen atoms in total. The Bertz CT molecular complexity index is 926. The first-order chi connectivity index (χ1) is 14.1. The zero-order valence-corrected chi connectivity index (χ0v) is 16.2. The summed E-state index contributed by atoms with van der Waals surface area (Å²) < 4.78 is 21.1. The van der Waals surface area contributed by atoms with Gasteiger partial charge in [0.05, 0.1) is 6.04 Å². The number of amides is 1. The molecule has 0 saturated heterocycles. The molecule has 0 radical (unpaired) electrons. The summed E-state index contributed by atoms with van der Waals surface area (Å²) in [5.41, 5.74) is 3.48. The number of rotatable bonds is 7. The fourth-order valence-corrected chi connectivity index (χ4v) is 3.52. The van der Waals surface area contributed by atoms with Crippen LogP contribution >= 0.6 is 0 Å². The van der Waals surface area contributed by atoms with E-state index in [9.17, 15) is 9.59 Å². The number of ether oxygens (including phenoxy) is 4. The quantitative estimate of drug-likeness (QED) is 0.724. The summed E-state index contributed by atoms with van der Waals surface area (Å²) >= 11 is 0. The van der Waals surface area contributed by atoms with E-state index in [0.717, 1.165) is 24.8 Å². The minimum Gasteiger partial charge on any atom is -0.482 e. The van der Waals surface area contributed by atoms with E-state index in [1.165, 1.54) is 11.1 Å². The van der Waals surface area contributed by atoms with E-state index < -0.39 is 5.97 Å². The summed E-state index contributed by atoms with van der Waals surface area (Å²) in [6.45, 7) is 1.45. The molecule has 2 aromatic carbocycles. The van der Waals surface area contributed by atoms with Gasteiger partial charge in [0.25, 0.3) is 5.91 Å². The number of carbonyl (C=O) groups excluding carboxylic acids is 2. The standard InChI is InChI=1S/C22H23NO6/c1-14(16-6-8-19-20(10-16)29-13-28-19)23-21(24)11-27-22(25)12-26-18-7-5-15-3-2-4-17(15)9-18/h5-10,14H,2-4,11-13H2,1H3,(H,23,24)/t14-/m0/s1. The molecule has 7 heteroatoms. The summed E-state index contributed by atoms with van der Waals surface area (Å²) in [7, 11) is 0. The molecule has 1 heterocycles. The highest BCUT2D eigenvalue weighted by Gasteiger charge is 2.18. The predicted molar refractivity (Wildman–Crippen MR) is 104 cm³/mol. The van der Waals surface area contributed by atoms with Crippen molar-refractivity contribution in [2.75, 3.05) is 20.0 Å². The minimum absolute atomic E-state index is 0.197. The zero-order valence-electron chi connectivity index (χ0n) is 16.2. The van der Waals surface area contributed by atoms with Gasteiger partial charge in [-0.15, -0.1) is 0 Å². The smallest absolute Gasteiger partial charge is 0.344 e. The summed E-state index contributed by atoms with van der Waals surface area (Å²) in [5.74, 6) is 1.00. The summed E-state index contributed by atoms with van der Waals surface area (Å²) in [5, 5.41) is 2.79. The molecule has 0 aromatic heterocycles. The van der Waals surface area contributed by atoms with Crippen LogP contribution in [-0.4, -0.2) is 31.9 Å². The zero-order chi connectivity index (χ0) is 20.2. The molecular weight excluding hydrogens is 374 g/mol. The molecule has 152 valence electrons. The normalized spacial score (nSPS) is 14.8. The van der Waals surface area contributed by atoms with Crippen molar-refractivity contribution < 1.29 is 28.5 Å². The van der Waals surface area contributed by atoms with E-state index >= 15 is 0 Å². The number of hydrogen-bond acceptors (Lipinski definition) is 6. The Kier molecular flexibility index (Phi) is 5.55. The molecule has 0 bridgehead atoms. The van der Waals surface area contributed by atoms with Crippen molar-refractivity contribution in [2.45, 2.75) is 32.2 Å². The van der Waals surface area contributed by atoms with Crippen LogP contribution in [0.1, 0.15) is 36.1 Å². The van der Waals surface area contributed by atoms with E-state index in [1.54, 1.807) is 6.07 Å². The number of hydrogen-bond donors (Lipinski definition) is 1. The molecule has 29 heavy (non-hydrogen) atoms. The molecule has 0 fully saturated rings. The first kappa shape index (κ1) is 19.1. The van der Waals surface area contributed by atoms with Gasteiger partial charge in [0, 0.05) is 0 Å². The lowest BCUT2D eigenvalue weighted by Gasteiger charge is -2.15. The lowest BCUT2D eigenvalue weighted by atomic mass is 10.1. The molecule has 2 aromatic rings. The summed E-state index contributed by atoms with van der Waals surface area (Å²) in [6.07, 6.45) is 3.29. The van der Waals surface area contributed by atoms with Crippen LogP contribution in [0.2, 0.25) is 0 Å². The summed E-state index contributed by atoms with van der Waals surface area (Å²) in [4.78, 5) is 24.0. The number of nitrogens with one attached hydrogen (secondary N) is 1. The Balaban J connectivity index is 1.20. The van der Waals surface area contributed by atoms with Gasteiger partial charge in [-0.3, -0.25) is 4.79 Å². The third-order valence-electron chi connectivity index (χ3n) is 5.07. The average molecular weight is 397 g/mol. The lowest BCUT2D eigenvalue weighted by Crippen LogP contribution is -2.31. The molecular formula is C22H23NO6. The van der Waals surface area contributed by atoms with Gasteiger partial charge in [-0.2, -0.15) is 0 Å². The first-order valence-electron chi connectivity index (χ1n) is 9.67. The highest BCUT2D eigenvalue weighted by molar-refractivity contribution is 5.81. The van der Waals surface area contributed by atoms with E-state index in [-0.39, 0.29) is 32.0 Å². The van der Waals surface area contributed by atoms with Gasteiger partial charge in [-0.05, 0) is 67.1 Å². The van der Waals surface area contributed by atoms with Crippen molar-refractivity contribution in [1.29, 1.82) is 0 Å². The Labute approximate surface area is 168 Å². The van der Waals surface area contributed by atoms with Gasteiger partial charge in [-0.25, -0.2) is 4.79 Å². The Hall–Kier alpha value is -3.22. The maximum atomic E-state index is 12.1. The van der Waals surface area contributed by atoms with E-state index in [4.69, 9.17) is 18.9 Å². The van der Waals surface area contributed by atoms with Crippen LogP contribution in [0.3, 0.4) is 0 Å². The number of esters is 1. The van der Waals surface area contributed by atoms with Crippen LogP contribution < -0.4 is 19.5 Å². The maximum Gasteiger partial charge on any atom is 0.344 e. The van der Waals surface area contributed by atoms with E-state index in [1.807, 2.05) is 37.3 Å². The number of carbonyl (C=O) groups is 2. The number of fused-ring (bicyclic) bond motifs is 2. The minimum atomic E-state index is -0.587. The van der Waals surface area contributed by atoms with Crippen molar-refractivity contribution in [2.24, 2.45) is 0 Å². The molecule has 0 spiro atoms. The summed E-state index contributed by atoms with van der Waals surface area (Å²) in [6, 6.07) is 11.1. The van der Waals surface area contributed by atoms with Crippen LogP contribution in [-0.2, 0) is 27.2 Å². The molecule has 2 aliphatic rings. The van der Waals surface area contributed by atoms with Gasteiger partial charge in [0.15, 0.2) is 24.7 Å². The third kappa shape index (κ3) is 4.62. The van der Waals surface area contributed by atoms with Crippen LogP contribution in [0.15, 0.2) is 36.4 Å². The van der Waals surface area contributed by atoms with Crippen LogP contribution in [0, 0.1) is 0 Å². The van der Waals surface area contributed by atoms with Crippen LogP contribution in [0.4, 0.5) is 0 Å². The maximum absolute atomic E-state index is 12.1. The highest BCUT2D eigenvalue weighted by Crippen LogP contribution is 2.34. The molecule has 0 unspecified atom stereocenters. The Morgan fingerprint density at radius 2 is 1.86 bits per heavy atom. The van der Waals surface area contributed by atoms with Gasteiger partial charge in [-0.1, -0.05) is 12.1 Å². The average Bonchev–Trinajstić information content (AvgIpc) is 3.38. The largest absolute Gasteiger partial charge is 0.482 e. The second-order valence-electron chi connectivity index (χ2n) is 7.14. The lowest BCUT2D eigenvalue weighted by molar-refractivity contribution is -0.150. The fourth-order valence-electron chi connectivity index (χ4n) is 3.52. The van der Waals surface area contributed by atoms with Crippen molar-refractivity contribution in [1.82, 2.24) is 5.32 Å². The molecule has 1 N–H and O–H groups in total. The third-order valence-corrected chi connectivity index (χ3v) is 5.07. The Morgan fingerprint density at radius 1 is 1.03 bits per heavy atom. The highest BCUT2D eigenvalue weighted by atomic mass is 16.7. The van der Waals surface area contributed by atoms with E-state index in [2.05, 4.69) is 5.32 Å². The topological polar surface area (TPSA) is 83.1 Å². The molecule has 1 amide bonds. The second kappa shape index (κ2) is 8.43. The predicted octanol–water partition coefficient (Wildman–Crippen LogP) is 2.70. The van der Waals surface area contributed by atoms with E-state index in [0.29, 0.717) is 17.2 Å². The number of benzene rings is 2. The monoisotopic (exact) mass is 397 g/mol. The van der Waals surface area contributed by atoms with Crippen molar-refractivity contribution in [3.8, 4) is 17.2 Å². The molecule has 4 rings (SSSR count). The van der Waals surface area contributed by atoms with Gasteiger partial charge in [0.2, 0.25) is 6.79 Å². The number of aryl methyl sites for hydroxylation is 2. The SMILES string of the molecule is C[C@H](NC(=O)COC(=O)COc1ccc2c(c1)CCC2)c1ccc2c(c1)OCO2. The first-order valence-corrected chi connectivity index (χ1v) is 9.67. The van der Waals surface area contributed by atoms with Gasteiger partial charge >= 0.3 is 5.97 Å². The Morgan fingerprint density at radius 3 is 2.76 bits per heavy atom. The molecule has 1 atom stereocenters. The van der Waals surface area contributed by atoms with Gasteiger partial charge < -0.3 is 24.3 Å². The van der Waals surface area contributed by atoms with Crippen molar-refractivity contribution in [3.05, 3.63) is 53.1 Å². The molecule has 1 aliphatic heterocycles. The van der Waals surface area contributed by atoms with Crippen molar-refractivity contribution >= 4 is 11.9 Å². The fraction of sp³-hybridized carbons (Fsp3) is 0.364. The van der Waals surface area contributed by atoms with Crippen LogP contribution in [0.5, 0.6) is 17.2 Å².